The summed E-state index contributed by atoms with van der Waals surface area (Å²) in [7, 11) is 0. The molecule has 2 aliphatic rings. The van der Waals surface area contributed by atoms with Gasteiger partial charge in [-0.05, 0) is 72.5 Å². The molecule has 2 rings (SSSR count). The summed E-state index contributed by atoms with van der Waals surface area (Å²) in [6.45, 7) is 21.9. The summed E-state index contributed by atoms with van der Waals surface area (Å²) in [6.07, 6.45) is 14.4. The predicted octanol–water partition coefficient (Wildman–Crippen LogP) is 8.34. The second kappa shape index (κ2) is 6.90. The number of hydrogen-bond donors (Lipinski definition) is 0. The molecule has 0 saturated heterocycles. The van der Waals surface area contributed by atoms with Crippen LogP contribution in [0.2, 0.25) is 0 Å². The molecule has 25 heavy (non-hydrogen) atoms. The van der Waals surface area contributed by atoms with Gasteiger partial charge < -0.3 is 0 Å². The predicted molar refractivity (Wildman–Crippen MR) is 113 cm³/mol. The summed E-state index contributed by atoms with van der Waals surface area (Å²) >= 11 is 0. The Morgan fingerprint density at radius 3 is 1.88 bits per heavy atom. The Hall–Kier alpha value is -0.520. The fraction of sp³-hybridized carbons (Fsp3) is 0.840. The zero-order valence-corrected chi connectivity index (χ0v) is 18.7. The quantitative estimate of drug-likeness (QED) is 0.407. The molecule has 2 saturated carbocycles. The van der Waals surface area contributed by atoms with E-state index >= 15 is 0 Å². The SMILES string of the molecule is CC(C)(C)CC=CC(C)(C)C(C)(C)CC(C)(C)C(=C1CCC1)C1CC1. The maximum absolute atomic E-state index is 2.53. The van der Waals surface area contributed by atoms with E-state index < -0.39 is 0 Å². The third-order valence-corrected chi connectivity index (χ3v) is 6.95. The van der Waals surface area contributed by atoms with Crippen LogP contribution in [0.25, 0.3) is 0 Å². The van der Waals surface area contributed by atoms with Gasteiger partial charge >= 0.3 is 0 Å². The average molecular weight is 345 g/mol. The lowest BCUT2D eigenvalue weighted by Gasteiger charge is -2.47. The molecule has 144 valence electrons. The van der Waals surface area contributed by atoms with Crippen molar-refractivity contribution >= 4 is 0 Å². The zero-order chi connectivity index (χ0) is 19.1. The highest BCUT2D eigenvalue weighted by Crippen LogP contribution is 2.56. The third-order valence-electron chi connectivity index (χ3n) is 6.95. The standard InChI is InChI=1S/C25H44/c1-22(2,3)16-11-17-24(6,7)25(8,9)18-23(4,5)21(20-14-15-20)19-12-10-13-19/h11,17,20H,10,12-16,18H2,1-9H3. The van der Waals surface area contributed by atoms with Crippen LogP contribution in [0.4, 0.5) is 0 Å². The van der Waals surface area contributed by atoms with Crippen molar-refractivity contribution in [3.63, 3.8) is 0 Å². The van der Waals surface area contributed by atoms with Gasteiger partial charge in [-0.2, -0.15) is 0 Å². The molecule has 0 radical (unpaired) electrons. The van der Waals surface area contributed by atoms with E-state index in [-0.39, 0.29) is 10.8 Å². The molecule has 0 nitrogen and oxygen atoms in total. The van der Waals surface area contributed by atoms with Gasteiger partial charge in [-0.3, -0.25) is 0 Å². The van der Waals surface area contributed by atoms with Crippen LogP contribution in [0.5, 0.6) is 0 Å². The van der Waals surface area contributed by atoms with E-state index in [1.54, 1.807) is 0 Å². The molecule has 0 bridgehead atoms. The van der Waals surface area contributed by atoms with Gasteiger partial charge in [-0.1, -0.05) is 85.6 Å². The highest BCUT2D eigenvalue weighted by Gasteiger charge is 2.44. The lowest BCUT2D eigenvalue weighted by Crippen LogP contribution is -2.37. The maximum atomic E-state index is 2.53. The minimum Gasteiger partial charge on any atom is -0.0875 e. The molecular formula is C25H44. The van der Waals surface area contributed by atoms with Crippen molar-refractivity contribution in [2.24, 2.45) is 27.6 Å². The smallest absolute Gasteiger partial charge is 0.0123 e. The van der Waals surface area contributed by atoms with Gasteiger partial charge in [0, 0.05) is 0 Å². The van der Waals surface area contributed by atoms with Gasteiger partial charge in [0.15, 0.2) is 0 Å². The van der Waals surface area contributed by atoms with Crippen LogP contribution in [0.1, 0.15) is 107 Å². The Labute approximate surface area is 158 Å². The van der Waals surface area contributed by atoms with Crippen molar-refractivity contribution in [1.82, 2.24) is 0 Å². The maximum Gasteiger partial charge on any atom is -0.0123 e. The Balaban J connectivity index is 2.15. The van der Waals surface area contributed by atoms with E-state index in [1.807, 2.05) is 11.1 Å². The molecule has 0 spiro atoms. The van der Waals surface area contributed by atoms with Crippen LogP contribution >= 0.6 is 0 Å². The van der Waals surface area contributed by atoms with Crippen molar-refractivity contribution < 1.29 is 0 Å². The summed E-state index contributed by atoms with van der Waals surface area (Å²) in [5.41, 5.74) is 4.91. The van der Waals surface area contributed by atoms with E-state index in [1.165, 1.54) is 38.5 Å². The number of hydrogen-bond acceptors (Lipinski definition) is 0. The van der Waals surface area contributed by atoms with Crippen LogP contribution < -0.4 is 0 Å². The van der Waals surface area contributed by atoms with Gasteiger partial charge in [0.25, 0.3) is 0 Å². The highest BCUT2D eigenvalue weighted by molar-refractivity contribution is 5.30. The van der Waals surface area contributed by atoms with E-state index in [4.69, 9.17) is 0 Å². The first-order valence-electron chi connectivity index (χ1n) is 10.7. The van der Waals surface area contributed by atoms with Crippen molar-refractivity contribution in [2.75, 3.05) is 0 Å². The first-order valence-corrected chi connectivity index (χ1v) is 10.7. The molecule has 2 aliphatic carbocycles. The molecule has 0 N–H and O–H groups in total. The Bertz CT molecular complexity index is 521. The molecule has 0 aromatic carbocycles. The first-order chi connectivity index (χ1) is 11.3. The molecule has 0 heterocycles. The van der Waals surface area contributed by atoms with Crippen LogP contribution in [0.3, 0.4) is 0 Å². The molecular weight excluding hydrogens is 300 g/mol. The molecule has 0 aromatic rings. The largest absolute Gasteiger partial charge is 0.0875 e. The van der Waals surface area contributed by atoms with E-state index in [0.717, 1.165) is 12.3 Å². The van der Waals surface area contributed by atoms with Gasteiger partial charge in [0.2, 0.25) is 0 Å². The minimum absolute atomic E-state index is 0.217. The first kappa shape index (κ1) is 20.8. The summed E-state index contributed by atoms with van der Waals surface area (Å²) < 4.78 is 0. The Morgan fingerprint density at radius 1 is 0.920 bits per heavy atom. The van der Waals surface area contributed by atoms with Crippen molar-refractivity contribution in [2.45, 2.75) is 107 Å². The van der Waals surface area contributed by atoms with Crippen molar-refractivity contribution in [3.05, 3.63) is 23.3 Å². The fourth-order valence-electron chi connectivity index (χ4n) is 4.68. The van der Waals surface area contributed by atoms with Gasteiger partial charge in [0.1, 0.15) is 0 Å². The van der Waals surface area contributed by atoms with E-state index in [0.29, 0.717) is 10.8 Å². The summed E-state index contributed by atoms with van der Waals surface area (Å²) in [5, 5.41) is 0. The van der Waals surface area contributed by atoms with Crippen LogP contribution in [-0.4, -0.2) is 0 Å². The summed E-state index contributed by atoms with van der Waals surface area (Å²) in [6, 6.07) is 0. The van der Waals surface area contributed by atoms with Gasteiger partial charge in [-0.15, -0.1) is 0 Å². The van der Waals surface area contributed by atoms with E-state index in [9.17, 15) is 0 Å². The molecule has 0 amide bonds. The normalized spacial score (nSPS) is 20.1. The third kappa shape index (κ3) is 5.24. The topological polar surface area (TPSA) is 0 Å². The van der Waals surface area contributed by atoms with E-state index in [2.05, 4.69) is 74.5 Å². The number of rotatable bonds is 7. The van der Waals surface area contributed by atoms with Crippen LogP contribution in [0.15, 0.2) is 23.3 Å². The Morgan fingerprint density at radius 2 is 1.48 bits per heavy atom. The molecule has 0 aromatic heterocycles. The van der Waals surface area contributed by atoms with Crippen molar-refractivity contribution in [1.29, 1.82) is 0 Å². The molecule has 0 aliphatic heterocycles. The second-order valence-electron chi connectivity index (χ2n) is 12.0. The molecule has 0 heteroatoms. The lowest BCUT2D eigenvalue weighted by molar-refractivity contribution is 0.101. The minimum atomic E-state index is 0.217. The number of allylic oxidation sites excluding steroid dienone is 4. The summed E-state index contributed by atoms with van der Waals surface area (Å²) in [5.74, 6) is 0.917. The van der Waals surface area contributed by atoms with Gasteiger partial charge in [0.05, 0.1) is 0 Å². The van der Waals surface area contributed by atoms with Crippen LogP contribution in [-0.2, 0) is 0 Å². The second-order valence-corrected chi connectivity index (χ2v) is 12.0. The average Bonchev–Trinajstić information content (AvgIpc) is 3.13. The highest BCUT2D eigenvalue weighted by atomic mass is 14.5. The lowest BCUT2D eigenvalue weighted by atomic mass is 9.58. The fourth-order valence-corrected chi connectivity index (χ4v) is 4.68. The monoisotopic (exact) mass is 344 g/mol. The summed E-state index contributed by atoms with van der Waals surface area (Å²) in [4.78, 5) is 0. The van der Waals surface area contributed by atoms with Crippen molar-refractivity contribution in [3.8, 4) is 0 Å². The zero-order valence-electron chi connectivity index (χ0n) is 18.7. The molecule has 0 atom stereocenters. The van der Waals surface area contributed by atoms with Gasteiger partial charge in [-0.25, -0.2) is 0 Å². The molecule has 0 unspecified atom stereocenters. The Kier molecular flexibility index (Phi) is 5.73. The molecule has 2 fully saturated rings. The van der Waals surface area contributed by atoms with Crippen LogP contribution in [0, 0.1) is 27.6 Å².